The van der Waals surface area contributed by atoms with E-state index in [-0.39, 0.29) is 0 Å². The van der Waals surface area contributed by atoms with Gasteiger partial charge >= 0.3 is 0 Å². The van der Waals surface area contributed by atoms with Gasteiger partial charge in [0.15, 0.2) is 0 Å². The first-order valence-corrected chi connectivity index (χ1v) is 6.75. The van der Waals surface area contributed by atoms with E-state index >= 15 is 0 Å². The monoisotopic (exact) mass is 226 g/mol. The molecule has 0 bridgehead atoms. The zero-order valence-corrected chi connectivity index (χ0v) is 10.8. The van der Waals surface area contributed by atoms with Crippen molar-refractivity contribution < 1.29 is 0 Å². The molecule has 2 atom stereocenters. The summed E-state index contributed by atoms with van der Waals surface area (Å²) >= 11 is 1.76. The number of likely N-dealkylation sites (N-methyl/N-ethyl adjacent to an activating group) is 1. The average Bonchev–Trinajstić information content (AvgIpc) is 2.70. The second kappa shape index (κ2) is 6.96. The third-order valence-electron chi connectivity index (χ3n) is 2.78. The lowest BCUT2D eigenvalue weighted by Crippen LogP contribution is -2.32. The van der Waals surface area contributed by atoms with Gasteiger partial charge in [0.2, 0.25) is 0 Å². The van der Waals surface area contributed by atoms with Gasteiger partial charge in [0, 0.05) is 24.0 Å². The van der Waals surface area contributed by atoms with Gasteiger partial charge in [0.25, 0.3) is 0 Å². The third-order valence-corrected chi connectivity index (χ3v) is 3.58. The fraction of sp³-hybridized carbons (Fsp3) is 0.750. The van der Waals surface area contributed by atoms with Crippen molar-refractivity contribution in [1.29, 1.82) is 0 Å². The van der Waals surface area contributed by atoms with Crippen molar-refractivity contribution in [3.63, 3.8) is 0 Å². The van der Waals surface area contributed by atoms with Gasteiger partial charge in [-0.05, 0) is 18.9 Å². The highest BCUT2D eigenvalue weighted by Gasteiger charge is 2.12. The molecule has 0 aliphatic carbocycles. The van der Waals surface area contributed by atoms with Crippen LogP contribution in [-0.4, -0.2) is 17.6 Å². The van der Waals surface area contributed by atoms with Crippen molar-refractivity contribution in [2.45, 2.75) is 46.1 Å². The molecule has 1 heterocycles. The molecule has 0 spiro atoms. The molecule has 0 aromatic carbocycles. The fourth-order valence-electron chi connectivity index (χ4n) is 1.74. The molecule has 1 aromatic rings. The minimum atomic E-state index is 0.594. The molecule has 0 saturated heterocycles. The topological polar surface area (TPSA) is 24.9 Å². The second-order valence-corrected chi connectivity index (χ2v) is 5.11. The van der Waals surface area contributed by atoms with E-state index in [4.69, 9.17) is 0 Å². The Kier molecular flexibility index (Phi) is 5.88. The lowest BCUT2D eigenvalue weighted by molar-refractivity contribution is 0.397. The Morgan fingerprint density at radius 2 is 2.27 bits per heavy atom. The highest BCUT2D eigenvalue weighted by molar-refractivity contribution is 7.09. The van der Waals surface area contributed by atoms with Crippen LogP contribution in [0.5, 0.6) is 0 Å². The summed E-state index contributed by atoms with van der Waals surface area (Å²) in [6.07, 6.45) is 5.49. The number of hydrogen-bond donors (Lipinski definition) is 1. The number of rotatable bonds is 7. The van der Waals surface area contributed by atoms with E-state index in [1.807, 2.05) is 6.20 Å². The summed E-state index contributed by atoms with van der Waals surface area (Å²) in [7, 11) is 0. The second-order valence-electron chi connectivity index (χ2n) is 4.13. The predicted octanol–water partition coefficient (Wildman–Crippen LogP) is 3.10. The van der Waals surface area contributed by atoms with Gasteiger partial charge < -0.3 is 5.32 Å². The van der Waals surface area contributed by atoms with Gasteiger partial charge in [0.1, 0.15) is 0 Å². The Morgan fingerprint density at radius 1 is 1.47 bits per heavy atom. The van der Waals surface area contributed by atoms with E-state index in [1.54, 1.807) is 11.3 Å². The van der Waals surface area contributed by atoms with Crippen LogP contribution in [0.1, 0.15) is 38.6 Å². The first-order chi connectivity index (χ1) is 7.26. The summed E-state index contributed by atoms with van der Waals surface area (Å²) in [5.41, 5.74) is 0. The Bertz CT molecular complexity index is 246. The third kappa shape index (κ3) is 4.76. The van der Waals surface area contributed by atoms with Crippen molar-refractivity contribution >= 4 is 11.3 Å². The smallest absolute Gasteiger partial charge is 0.0940 e. The molecule has 0 aliphatic rings. The molecular weight excluding hydrogens is 204 g/mol. The van der Waals surface area contributed by atoms with Gasteiger partial charge in [-0.25, -0.2) is 4.98 Å². The summed E-state index contributed by atoms with van der Waals surface area (Å²) in [4.78, 5) is 4.35. The average molecular weight is 226 g/mol. The lowest BCUT2D eigenvalue weighted by atomic mass is 9.97. The van der Waals surface area contributed by atoms with Gasteiger partial charge in [-0.15, -0.1) is 11.3 Å². The molecule has 0 fully saturated rings. The van der Waals surface area contributed by atoms with E-state index in [0.29, 0.717) is 6.04 Å². The van der Waals surface area contributed by atoms with Crippen LogP contribution in [0.2, 0.25) is 0 Å². The quantitative estimate of drug-likeness (QED) is 0.773. The number of thiazole rings is 1. The highest BCUT2D eigenvalue weighted by atomic mass is 32.1. The maximum atomic E-state index is 4.35. The minimum absolute atomic E-state index is 0.594. The van der Waals surface area contributed by atoms with Gasteiger partial charge in [-0.2, -0.15) is 0 Å². The van der Waals surface area contributed by atoms with E-state index < -0.39 is 0 Å². The molecule has 2 nitrogen and oxygen atoms in total. The van der Waals surface area contributed by atoms with Crippen LogP contribution in [-0.2, 0) is 6.42 Å². The summed E-state index contributed by atoms with van der Waals surface area (Å²) < 4.78 is 0. The highest BCUT2D eigenvalue weighted by Crippen LogP contribution is 2.15. The normalized spacial score (nSPS) is 15.1. The number of aromatic nitrogens is 1. The molecule has 15 heavy (non-hydrogen) atoms. The first-order valence-electron chi connectivity index (χ1n) is 5.88. The van der Waals surface area contributed by atoms with Crippen LogP contribution in [0.4, 0.5) is 0 Å². The van der Waals surface area contributed by atoms with Crippen LogP contribution >= 0.6 is 11.3 Å². The van der Waals surface area contributed by atoms with Crippen molar-refractivity contribution in [2.75, 3.05) is 6.54 Å². The van der Waals surface area contributed by atoms with Crippen LogP contribution in [0, 0.1) is 5.92 Å². The van der Waals surface area contributed by atoms with E-state index in [9.17, 15) is 0 Å². The Labute approximate surface area is 97.1 Å². The fourth-order valence-corrected chi connectivity index (χ4v) is 2.44. The van der Waals surface area contributed by atoms with Crippen LogP contribution in [0.25, 0.3) is 0 Å². The van der Waals surface area contributed by atoms with Gasteiger partial charge in [-0.1, -0.05) is 27.2 Å². The molecule has 0 aliphatic heterocycles. The Morgan fingerprint density at radius 3 is 2.80 bits per heavy atom. The zero-order valence-electron chi connectivity index (χ0n) is 9.99. The maximum absolute atomic E-state index is 4.35. The number of nitrogens with one attached hydrogen (secondary N) is 1. The van der Waals surface area contributed by atoms with Gasteiger partial charge in [-0.3, -0.25) is 0 Å². The molecule has 1 aromatic heterocycles. The molecule has 2 unspecified atom stereocenters. The molecule has 0 saturated carbocycles. The summed E-state index contributed by atoms with van der Waals surface area (Å²) in [6, 6.07) is 0.594. The minimum Gasteiger partial charge on any atom is -0.314 e. The molecular formula is C12H22N2S. The lowest BCUT2D eigenvalue weighted by Gasteiger charge is -2.20. The van der Waals surface area contributed by atoms with Crippen LogP contribution in [0.15, 0.2) is 11.6 Å². The van der Waals surface area contributed by atoms with Gasteiger partial charge in [0.05, 0.1) is 5.01 Å². The number of nitrogens with zero attached hydrogens (tertiary/aromatic N) is 1. The Hall–Kier alpha value is -0.410. The molecule has 86 valence electrons. The van der Waals surface area contributed by atoms with Crippen molar-refractivity contribution in [3.05, 3.63) is 16.6 Å². The summed E-state index contributed by atoms with van der Waals surface area (Å²) in [6.45, 7) is 7.81. The maximum Gasteiger partial charge on any atom is 0.0940 e. The van der Waals surface area contributed by atoms with E-state index in [0.717, 1.165) is 18.9 Å². The van der Waals surface area contributed by atoms with Crippen LogP contribution in [0.3, 0.4) is 0 Å². The molecule has 1 N–H and O–H groups in total. The standard InChI is InChI=1S/C12H22N2S/c1-4-10(3)8-11(13-5-2)9-12-14-6-7-15-12/h6-7,10-11,13H,4-5,8-9H2,1-3H3. The zero-order chi connectivity index (χ0) is 11.1. The molecule has 0 amide bonds. The molecule has 1 rings (SSSR count). The largest absolute Gasteiger partial charge is 0.314 e. The van der Waals surface area contributed by atoms with E-state index in [1.165, 1.54) is 17.8 Å². The van der Waals surface area contributed by atoms with Crippen LogP contribution < -0.4 is 5.32 Å². The molecule has 0 radical (unpaired) electrons. The SMILES string of the molecule is CCNC(Cc1nccs1)CC(C)CC. The summed E-state index contributed by atoms with van der Waals surface area (Å²) in [5.74, 6) is 0.800. The van der Waals surface area contributed by atoms with E-state index in [2.05, 4.69) is 36.5 Å². The number of hydrogen-bond acceptors (Lipinski definition) is 3. The first kappa shape index (κ1) is 12.7. The summed E-state index contributed by atoms with van der Waals surface area (Å²) in [5, 5.41) is 6.86. The van der Waals surface area contributed by atoms with Crippen molar-refractivity contribution in [2.24, 2.45) is 5.92 Å². The Balaban J connectivity index is 2.43. The van der Waals surface area contributed by atoms with Crippen molar-refractivity contribution in [3.8, 4) is 0 Å². The predicted molar refractivity (Wildman–Crippen MR) is 67.4 cm³/mol. The molecule has 3 heteroatoms. The van der Waals surface area contributed by atoms with Crippen molar-refractivity contribution in [1.82, 2.24) is 10.3 Å².